The Hall–Kier alpha value is -3.01. The van der Waals surface area contributed by atoms with E-state index < -0.39 is 0 Å². The molecular formula is C18H16N4. The number of hydrazone groups is 1. The zero-order chi connectivity index (χ0) is 15.2. The fraction of sp³-hybridized carbons (Fsp3) is 0.0556. The van der Waals surface area contributed by atoms with Gasteiger partial charge in [-0.3, -0.25) is 5.43 Å². The van der Waals surface area contributed by atoms with Crippen LogP contribution in [0.1, 0.15) is 11.3 Å². The number of benzene rings is 2. The standard InChI is InChI=1S/C18H16N4/c1-14-12-17(22-19-13-15-8-4-2-5-9-15)21-18(20-14)16-10-6-3-7-11-16/h2-13H,1H3,(H,20,21,22)/b19-13+. The van der Waals surface area contributed by atoms with Crippen LogP contribution in [0, 0.1) is 6.92 Å². The van der Waals surface area contributed by atoms with Gasteiger partial charge in [0.05, 0.1) is 6.21 Å². The van der Waals surface area contributed by atoms with Gasteiger partial charge in [0.25, 0.3) is 0 Å². The predicted octanol–water partition coefficient (Wildman–Crippen LogP) is 3.90. The average Bonchev–Trinajstić information content (AvgIpc) is 2.56. The number of rotatable bonds is 4. The van der Waals surface area contributed by atoms with Gasteiger partial charge >= 0.3 is 0 Å². The lowest BCUT2D eigenvalue weighted by Gasteiger charge is -2.05. The van der Waals surface area contributed by atoms with Gasteiger partial charge in [0.15, 0.2) is 11.6 Å². The third-order valence-electron chi connectivity index (χ3n) is 3.08. The van der Waals surface area contributed by atoms with Gasteiger partial charge in [0, 0.05) is 17.3 Å². The fourth-order valence-electron chi connectivity index (χ4n) is 2.05. The Morgan fingerprint density at radius 2 is 1.59 bits per heavy atom. The summed E-state index contributed by atoms with van der Waals surface area (Å²) in [5.74, 6) is 1.37. The lowest BCUT2D eigenvalue weighted by Crippen LogP contribution is -1.99. The van der Waals surface area contributed by atoms with E-state index in [4.69, 9.17) is 0 Å². The van der Waals surface area contributed by atoms with Gasteiger partial charge in [0.2, 0.25) is 0 Å². The van der Waals surface area contributed by atoms with E-state index in [1.807, 2.05) is 73.7 Å². The van der Waals surface area contributed by atoms with Gasteiger partial charge < -0.3 is 0 Å². The fourth-order valence-corrected chi connectivity index (χ4v) is 2.05. The van der Waals surface area contributed by atoms with Gasteiger partial charge in [-0.15, -0.1) is 0 Å². The summed E-state index contributed by atoms with van der Waals surface area (Å²) in [6.07, 6.45) is 1.76. The highest BCUT2D eigenvalue weighted by atomic mass is 15.3. The van der Waals surface area contributed by atoms with Gasteiger partial charge in [-0.2, -0.15) is 5.10 Å². The quantitative estimate of drug-likeness (QED) is 0.585. The molecule has 2 aromatic carbocycles. The Kier molecular flexibility index (Phi) is 4.20. The van der Waals surface area contributed by atoms with Crippen LogP contribution in [0.3, 0.4) is 0 Å². The second-order valence-corrected chi connectivity index (χ2v) is 4.86. The van der Waals surface area contributed by atoms with Crippen molar-refractivity contribution in [1.82, 2.24) is 9.97 Å². The van der Waals surface area contributed by atoms with Crippen LogP contribution in [0.4, 0.5) is 5.82 Å². The van der Waals surface area contributed by atoms with Crippen LogP contribution in [0.25, 0.3) is 11.4 Å². The molecule has 108 valence electrons. The Balaban J connectivity index is 1.80. The largest absolute Gasteiger partial charge is 0.261 e. The Bertz CT molecular complexity index is 768. The molecule has 0 aliphatic carbocycles. The maximum atomic E-state index is 4.50. The second kappa shape index (κ2) is 6.63. The van der Waals surface area contributed by atoms with Crippen molar-refractivity contribution in [2.24, 2.45) is 5.10 Å². The Morgan fingerprint density at radius 3 is 2.32 bits per heavy atom. The molecule has 3 aromatic rings. The smallest absolute Gasteiger partial charge is 0.161 e. The summed E-state index contributed by atoms with van der Waals surface area (Å²) in [7, 11) is 0. The van der Waals surface area contributed by atoms with E-state index >= 15 is 0 Å². The van der Waals surface area contributed by atoms with Crippen molar-refractivity contribution < 1.29 is 0 Å². The molecule has 1 aromatic heterocycles. The minimum Gasteiger partial charge on any atom is -0.261 e. The molecule has 0 saturated heterocycles. The number of hydrogen-bond donors (Lipinski definition) is 1. The first-order valence-corrected chi connectivity index (χ1v) is 7.06. The van der Waals surface area contributed by atoms with E-state index in [1.165, 1.54) is 0 Å². The summed E-state index contributed by atoms with van der Waals surface area (Å²) < 4.78 is 0. The highest BCUT2D eigenvalue weighted by molar-refractivity contribution is 5.79. The highest BCUT2D eigenvalue weighted by Gasteiger charge is 2.03. The molecule has 0 radical (unpaired) electrons. The summed E-state index contributed by atoms with van der Waals surface area (Å²) in [6.45, 7) is 1.94. The summed E-state index contributed by atoms with van der Waals surface area (Å²) in [4.78, 5) is 8.97. The van der Waals surface area contributed by atoms with Crippen LogP contribution in [0.5, 0.6) is 0 Å². The Labute approximate surface area is 129 Å². The van der Waals surface area contributed by atoms with Crippen LogP contribution >= 0.6 is 0 Å². The van der Waals surface area contributed by atoms with E-state index in [0.29, 0.717) is 11.6 Å². The van der Waals surface area contributed by atoms with Gasteiger partial charge in [-0.25, -0.2) is 9.97 Å². The van der Waals surface area contributed by atoms with E-state index in [1.54, 1.807) is 6.21 Å². The lowest BCUT2D eigenvalue weighted by atomic mass is 10.2. The van der Waals surface area contributed by atoms with Gasteiger partial charge in [-0.1, -0.05) is 60.7 Å². The molecule has 0 unspecified atom stereocenters. The minimum absolute atomic E-state index is 0.679. The average molecular weight is 288 g/mol. The molecule has 0 aliphatic rings. The van der Waals surface area contributed by atoms with Crippen molar-refractivity contribution in [3.63, 3.8) is 0 Å². The van der Waals surface area contributed by atoms with Crippen molar-refractivity contribution in [3.05, 3.63) is 78.0 Å². The molecule has 1 heterocycles. The van der Waals surface area contributed by atoms with E-state index in [0.717, 1.165) is 16.8 Å². The lowest BCUT2D eigenvalue weighted by molar-refractivity contribution is 1.10. The monoisotopic (exact) mass is 288 g/mol. The first-order valence-electron chi connectivity index (χ1n) is 7.06. The SMILES string of the molecule is Cc1cc(N/N=C/c2ccccc2)nc(-c2ccccc2)n1. The van der Waals surface area contributed by atoms with Crippen LogP contribution < -0.4 is 5.43 Å². The van der Waals surface area contributed by atoms with Crippen LogP contribution in [0.15, 0.2) is 71.8 Å². The van der Waals surface area contributed by atoms with Crippen molar-refractivity contribution >= 4 is 12.0 Å². The molecule has 0 atom stereocenters. The number of aryl methyl sites for hydroxylation is 1. The van der Waals surface area contributed by atoms with Crippen molar-refractivity contribution in [2.45, 2.75) is 6.92 Å². The van der Waals surface area contributed by atoms with E-state index in [2.05, 4.69) is 20.5 Å². The van der Waals surface area contributed by atoms with E-state index in [9.17, 15) is 0 Å². The molecule has 1 N–H and O–H groups in total. The normalized spacial score (nSPS) is 10.8. The second-order valence-electron chi connectivity index (χ2n) is 4.86. The topological polar surface area (TPSA) is 50.2 Å². The van der Waals surface area contributed by atoms with Crippen molar-refractivity contribution in [2.75, 3.05) is 5.43 Å². The van der Waals surface area contributed by atoms with Crippen LogP contribution in [-0.4, -0.2) is 16.2 Å². The van der Waals surface area contributed by atoms with Gasteiger partial charge in [0.1, 0.15) is 0 Å². The number of nitrogens with zero attached hydrogens (tertiary/aromatic N) is 3. The zero-order valence-electron chi connectivity index (χ0n) is 12.3. The molecule has 3 rings (SSSR count). The molecule has 0 amide bonds. The van der Waals surface area contributed by atoms with Crippen molar-refractivity contribution in [3.8, 4) is 11.4 Å². The first-order chi connectivity index (χ1) is 10.8. The van der Waals surface area contributed by atoms with Gasteiger partial charge in [-0.05, 0) is 12.5 Å². The number of nitrogens with one attached hydrogen (secondary N) is 1. The molecule has 0 bridgehead atoms. The zero-order valence-corrected chi connectivity index (χ0v) is 12.3. The number of anilines is 1. The van der Waals surface area contributed by atoms with Crippen molar-refractivity contribution in [1.29, 1.82) is 0 Å². The summed E-state index contributed by atoms with van der Waals surface area (Å²) in [5, 5.41) is 4.22. The third kappa shape index (κ3) is 3.55. The molecule has 4 heteroatoms. The Morgan fingerprint density at radius 1 is 0.909 bits per heavy atom. The molecule has 0 saturated carbocycles. The third-order valence-corrected chi connectivity index (χ3v) is 3.08. The molecular weight excluding hydrogens is 272 g/mol. The number of aromatic nitrogens is 2. The predicted molar refractivity (Wildman–Crippen MR) is 89.9 cm³/mol. The van der Waals surface area contributed by atoms with E-state index in [-0.39, 0.29) is 0 Å². The molecule has 4 nitrogen and oxygen atoms in total. The molecule has 0 spiro atoms. The molecule has 0 fully saturated rings. The summed E-state index contributed by atoms with van der Waals surface area (Å²) in [5.41, 5.74) is 5.88. The summed E-state index contributed by atoms with van der Waals surface area (Å²) >= 11 is 0. The summed E-state index contributed by atoms with van der Waals surface area (Å²) in [6, 6.07) is 21.7. The molecule has 0 aliphatic heterocycles. The minimum atomic E-state index is 0.679. The number of hydrogen-bond acceptors (Lipinski definition) is 4. The maximum absolute atomic E-state index is 4.50. The maximum Gasteiger partial charge on any atom is 0.161 e. The van der Waals surface area contributed by atoms with Crippen LogP contribution in [0.2, 0.25) is 0 Å². The van der Waals surface area contributed by atoms with Crippen LogP contribution in [-0.2, 0) is 0 Å². The highest BCUT2D eigenvalue weighted by Crippen LogP contribution is 2.17. The molecule has 22 heavy (non-hydrogen) atoms. The first kappa shape index (κ1) is 13.9.